The number of sulfonamides is 1. The van der Waals surface area contributed by atoms with Crippen LogP contribution in [0.5, 0.6) is 17.2 Å². The van der Waals surface area contributed by atoms with Crippen LogP contribution in [0.15, 0.2) is 35.2 Å². The van der Waals surface area contributed by atoms with E-state index in [0.29, 0.717) is 40.8 Å². The molecule has 178 valence electrons. The fourth-order valence-electron chi connectivity index (χ4n) is 4.59. The number of rotatable bonds is 6. The van der Waals surface area contributed by atoms with Crippen LogP contribution in [0.2, 0.25) is 0 Å². The van der Waals surface area contributed by atoms with Gasteiger partial charge in [0.05, 0.1) is 31.8 Å². The average Bonchev–Trinajstić information content (AvgIpc) is 2.86. The van der Waals surface area contributed by atoms with Crippen molar-refractivity contribution in [3.63, 3.8) is 0 Å². The van der Waals surface area contributed by atoms with Crippen LogP contribution in [0.1, 0.15) is 34.3 Å². The number of ether oxygens (including phenoxy) is 3. The lowest BCUT2D eigenvalue weighted by molar-refractivity contribution is 0.0693. The van der Waals surface area contributed by atoms with Crippen LogP contribution >= 0.6 is 0 Å². The first-order chi connectivity index (χ1) is 15.9. The van der Waals surface area contributed by atoms with Crippen molar-refractivity contribution in [2.45, 2.75) is 30.6 Å². The zero-order valence-corrected chi connectivity index (χ0v) is 20.1. The van der Waals surface area contributed by atoms with Gasteiger partial charge in [-0.25, -0.2) is 8.42 Å². The summed E-state index contributed by atoms with van der Waals surface area (Å²) >= 11 is 0. The van der Waals surface area contributed by atoms with Crippen molar-refractivity contribution in [2.24, 2.45) is 0 Å². The summed E-state index contributed by atoms with van der Waals surface area (Å²) in [7, 11) is 0.862. The first-order valence-electron chi connectivity index (χ1n) is 11.1. The molecule has 1 aliphatic carbocycles. The number of carbonyl (C=O) groups is 1. The highest BCUT2D eigenvalue weighted by Gasteiger charge is 2.32. The number of methoxy groups -OCH3 is 3. The van der Waals surface area contributed by atoms with Crippen LogP contribution in [0.25, 0.3) is 0 Å². The van der Waals surface area contributed by atoms with Gasteiger partial charge in [0.1, 0.15) is 0 Å². The minimum Gasteiger partial charge on any atom is -0.493 e. The van der Waals surface area contributed by atoms with Crippen molar-refractivity contribution >= 4 is 15.9 Å². The molecule has 2 aliphatic rings. The normalized spacial score (nSPS) is 16.8. The molecule has 8 nitrogen and oxygen atoms in total. The van der Waals surface area contributed by atoms with Crippen molar-refractivity contribution < 1.29 is 27.4 Å². The molecule has 0 radical (unpaired) electrons. The van der Waals surface area contributed by atoms with Crippen molar-refractivity contribution in [1.82, 2.24) is 9.21 Å². The Morgan fingerprint density at radius 2 is 1.48 bits per heavy atom. The predicted octanol–water partition coefficient (Wildman–Crippen LogP) is 2.74. The summed E-state index contributed by atoms with van der Waals surface area (Å²) < 4.78 is 44.1. The maximum atomic E-state index is 13.2. The number of benzene rings is 2. The van der Waals surface area contributed by atoms with Gasteiger partial charge in [-0.1, -0.05) is 6.07 Å². The molecule has 2 aromatic rings. The first kappa shape index (κ1) is 23.4. The number of aryl methyl sites for hydroxylation is 2. The molecule has 1 fully saturated rings. The Bertz CT molecular complexity index is 1140. The van der Waals surface area contributed by atoms with Gasteiger partial charge in [-0.05, 0) is 61.1 Å². The third-order valence-corrected chi connectivity index (χ3v) is 8.31. The molecule has 2 aromatic carbocycles. The Labute approximate surface area is 195 Å². The van der Waals surface area contributed by atoms with Gasteiger partial charge in [-0.3, -0.25) is 4.79 Å². The lowest BCUT2D eigenvalue weighted by Crippen LogP contribution is -2.50. The topological polar surface area (TPSA) is 85.4 Å². The van der Waals surface area contributed by atoms with Gasteiger partial charge in [0, 0.05) is 26.2 Å². The number of fused-ring (bicyclic) bond motifs is 1. The zero-order valence-electron chi connectivity index (χ0n) is 19.3. The maximum absolute atomic E-state index is 13.2. The highest BCUT2D eigenvalue weighted by atomic mass is 32.2. The van der Waals surface area contributed by atoms with Crippen LogP contribution < -0.4 is 14.2 Å². The molecule has 0 saturated carbocycles. The molecule has 4 rings (SSSR count). The number of carbonyl (C=O) groups excluding carboxylic acids is 1. The summed E-state index contributed by atoms with van der Waals surface area (Å²) in [6.45, 7) is 1.06. The van der Waals surface area contributed by atoms with Gasteiger partial charge in [-0.15, -0.1) is 0 Å². The summed E-state index contributed by atoms with van der Waals surface area (Å²) in [6, 6.07) is 8.79. The standard InChI is InChI=1S/C24H30N2O6S/c1-30-21-11-10-20(22(31-2)23(21)32-3)24(27)25-12-14-26(15-13-25)33(28,29)19-9-8-17-6-4-5-7-18(17)16-19/h8-11,16H,4-7,12-15H2,1-3H3. The number of hydrogen-bond acceptors (Lipinski definition) is 6. The van der Waals surface area contributed by atoms with Gasteiger partial charge in [0.25, 0.3) is 5.91 Å². The fraction of sp³-hybridized carbons (Fsp3) is 0.458. The average molecular weight is 475 g/mol. The van der Waals surface area contributed by atoms with E-state index in [0.717, 1.165) is 31.2 Å². The Hall–Kier alpha value is -2.78. The summed E-state index contributed by atoms with van der Waals surface area (Å²) in [5, 5.41) is 0. The molecule has 1 heterocycles. The highest BCUT2D eigenvalue weighted by molar-refractivity contribution is 7.89. The zero-order chi connectivity index (χ0) is 23.6. The predicted molar refractivity (Wildman–Crippen MR) is 124 cm³/mol. The van der Waals surface area contributed by atoms with Crippen LogP contribution in [0.3, 0.4) is 0 Å². The molecule has 0 N–H and O–H groups in total. The molecule has 0 bridgehead atoms. The van der Waals surface area contributed by atoms with Crippen molar-refractivity contribution in [3.05, 3.63) is 47.0 Å². The first-order valence-corrected chi connectivity index (χ1v) is 12.5. The minimum atomic E-state index is -3.61. The van der Waals surface area contributed by atoms with E-state index >= 15 is 0 Å². The molecule has 0 aromatic heterocycles. The molecule has 9 heteroatoms. The Morgan fingerprint density at radius 3 is 2.12 bits per heavy atom. The molecule has 0 atom stereocenters. The van der Waals surface area contributed by atoms with E-state index < -0.39 is 10.0 Å². The van der Waals surface area contributed by atoms with Gasteiger partial charge in [0.2, 0.25) is 15.8 Å². The van der Waals surface area contributed by atoms with Crippen LogP contribution in [0, 0.1) is 0 Å². The van der Waals surface area contributed by atoms with Gasteiger partial charge in [0.15, 0.2) is 11.5 Å². The van der Waals surface area contributed by atoms with E-state index in [4.69, 9.17) is 14.2 Å². The summed E-state index contributed by atoms with van der Waals surface area (Å²) in [4.78, 5) is 15.2. The molecule has 33 heavy (non-hydrogen) atoms. The third kappa shape index (κ3) is 4.39. The largest absolute Gasteiger partial charge is 0.493 e. The molecule has 1 amide bonds. The lowest BCUT2D eigenvalue weighted by atomic mass is 9.92. The quantitative estimate of drug-likeness (QED) is 0.640. The van der Waals surface area contributed by atoms with E-state index in [1.54, 1.807) is 23.1 Å². The molecule has 0 spiro atoms. The van der Waals surface area contributed by atoms with Crippen LogP contribution in [-0.2, 0) is 22.9 Å². The fourth-order valence-corrected chi connectivity index (χ4v) is 6.06. The van der Waals surface area contributed by atoms with E-state index in [-0.39, 0.29) is 19.0 Å². The number of amides is 1. The summed E-state index contributed by atoms with van der Waals surface area (Å²) in [6.07, 6.45) is 4.18. The second-order valence-electron chi connectivity index (χ2n) is 8.22. The van der Waals surface area contributed by atoms with E-state index in [2.05, 4.69) is 0 Å². The Kier molecular flexibility index (Phi) is 6.81. The lowest BCUT2D eigenvalue weighted by Gasteiger charge is -2.34. The monoisotopic (exact) mass is 474 g/mol. The van der Waals surface area contributed by atoms with Gasteiger partial charge < -0.3 is 19.1 Å². The SMILES string of the molecule is COc1ccc(C(=O)N2CCN(S(=O)(=O)c3ccc4c(c3)CCCC4)CC2)c(OC)c1OC. The number of nitrogens with zero attached hydrogens (tertiary/aromatic N) is 2. The summed E-state index contributed by atoms with van der Waals surface area (Å²) in [5.74, 6) is 0.871. The molecule has 1 saturated heterocycles. The number of hydrogen-bond donors (Lipinski definition) is 0. The smallest absolute Gasteiger partial charge is 0.257 e. The molecule has 0 unspecified atom stereocenters. The Morgan fingerprint density at radius 1 is 0.818 bits per heavy atom. The summed E-state index contributed by atoms with van der Waals surface area (Å²) in [5.41, 5.74) is 2.73. The Balaban J connectivity index is 1.49. The van der Waals surface area contributed by atoms with Crippen molar-refractivity contribution in [3.8, 4) is 17.2 Å². The van der Waals surface area contributed by atoms with Crippen molar-refractivity contribution in [2.75, 3.05) is 47.5 Å². The number of piperazine rings is 1. The van der Waals surface area contributed by atoms with Crippen LogP contribution in [-0.4, -0.2) is 71.0 Å². The third-order valence-electron chi connectivity index (χ3n) is 6.42. The van der Waals surface area contributed by atoms with E-state index in [9.17, 15) is 13.2 Å². The minimum absolute atomic E-state index is 0.237. The van der Waals surface area contributed by atoms with Crippen molar-refractivity contribution in [1.29, 1.82) is 0 Å². The van der Waals surface area contributed by atoms with E-state index in [1.807, 2.05) is 12.1 Å². The molecular formula is C24H30N2O6S. The molecular weight excluding hydrogens is 444 g/mol. The van der Waals surface area contributed by atoms with Gasteiger partial charge >= 0.3 is 0 Å². The van der Waals surface area contributed by atoms with Gasteiger partial charge in [-0.2, -0.15) is 4.31 Å². The maximum Gasteiger partial charge on any atom is 0.257 e. The van der Waals surface area contributed by atoms with E-state index in [1.165, 1.54) is 31.2 Å². The van der Waals surface area contributed by atoms with Crippen LogP contribution in [0.4, 0.5) is 0 Å². The second-order valence-corrected chi connectivity index (χ2v) is 10.2. The highest BCUT2D eigenvalue weighted by Crippen LogP contribution is 2.40. The molecule has 1 aliphatic heterocycles. The second kappa shape index (κ2) is 9.61.